The molecule has 2 N–H and O–H groups in total. The van der Waals surface area contributed by atoms with E-state index in [4.69, 9.17) is 0 Å². The van der Waals surface area contributed by atoms with E-state index < -0.39 is 0 Å². The molecule has 0 saturated carbocycles. The predicted molar refractivity (Wildman–Crippen MR) is 102 cm³/mol. The SMILES string of the molecule is CN=C(NCCc1ncc(C)s1)NCc1ccc(C)cc1SC. The summed E-state index contributed by atoms with van der Waals surface area (Å²) in [4.78, 5) is 11.2. The van der Waals surface area contributed by atoms with Crippen LogP contribution < -0.4 is 10.6 Å². The lowest BCUT2D eigenvalue weighted by atomic mass is 10.1. The number of thiazole rings is 1. The van der Waals surface area contributed by atoms with Gasteiger partial charge in [-0.3, -0.25) is 4.99 Å². The van der Waals surface area contributed by atoms with Gasteiger partial charge >= 0.3 is 0 Å². The number of nitrogens with one attached hydrogen (secondary N) is 2. The second kappa shape index (κ2) is 8.93. The second-order valence-electron chi connectivity index (χ2n) is 5.28. The van der Waals surface area contributed by atoms with E-state index in [1.54, 1.807) is 30.1 Å². The lowest BCUT2D eigenvalue weighted by molar-refractivity contribution is 0.786. The van der Waals surface area contributed by atoms with Crippen LogP contribution in [0.3, 0.4) is 0 Å². The van der Waals surface area contributed by atoms with Crippen LogP contribution in [0, 0.1) is 13.8 Å². The Balaban J connectivity index is 1.83. The number of thioether (sulfide) groups is 1. The molecule has 1 aromatic carbocycles. The first-order valence-corrected chi connectivity index (χ1v) is 9.66. The van der Waals surface area contributed by atoms with Crippen LogP contribution in [0.1, 0.15) is 21.0 Å². The fourth-order valence-corrected chi connectivity index (χ4v) is 3.69. The van der Waals surface area contributed by atoms with Crippen LogP contribution in [0.5, 0.6) is 0 Å². The molecule has 2 rings (SSSR count). The quantitative estimate of drug-likeness (QED) is 0.477. The van der Waals surface area contributed by atoms with Gasteiger partial charge in [0.25, 0.3) is 0 Å². The standard InChI is InChI=1S/C17H24N4S2/c1-12-5-6-14(15(9-12)22-4)11-21-17(18-3)19-8-7-16-20-10-13(2)23-16/h5-6,9-10H,7-8,11H2,1-4H3,(H2,18,19,21). The summed E-state index contributed by atoms with van der Waals surface area (Å²) in [6, 6.07) is 6.56. The molecule has 1 heterocycles. The number of nitrogens with zero attached hydrogens (tertiary/aromatic N) is 2. The molecule has 23 heavy (non-hydrogen) atoms. The van der Waals surface area contributed by atoms with Gasteiger partial charge in [0.05, 0.1) is 5.01 Å². The lowest BCUT2D eigenvalue weighted by Gasteiger charge is -2.13. The lowest BCUT2D eigenvalue weighted by Crippen LogP contribution is -2.37. The summed E-state index contributed by atoms with van der Waals surface area (Å²) in [5.41, 5.74) is 2.58. The smallest absolute Gasteiger partial charge is 0.191 e. The van der Waals surface area contributed by atoms with Crippen LogP contribution in [-0.4, -0.2) is 30.8 Å². The van der Waals surface area contributed by atoms with Gasteiger partial charge in [0.1, 0.15) is 0 Å². The van der Waals surface area contributed by atoms with Crippen molar-refractivity contribution in [3.8, 4) is 0 Å². The summed E-state index contributed by atoms with van der Waals surface area (Å²) in [6.07, 6.45) is 4.95. The van der Waals surface area contributed by atoms with Crippen LogP contribution in [0.15, 0.2) is 34.3 Å². The molecule has 0 bridgehead atoms. The van der Waals surface area contributed by atoms with E-state index in [-0.39, 0.29) is 0 Å². The minimum absolute atomic E-state index is 0.770. The molecule has 1 aromatic heterocycles. The number of hydrogen-bond donors (Lipinski definition) is 2. The molecule has 124 valence electrons. The number of benzene rings is 1. The van der Waals surface area contributed by atoms with Crippen molar-refractivity contribution in [3.05, 3.63) is 45.4 Å². The third-order valence-corrected chi connectivity index (χ3v) is 5.21. The van der Waals surface area contributed by atoms with Crippen LogP contribution in [0.4, 0.5) is 0 Å². The van der Waals surface area contributed by atoms with Crippen LogP contribution in [0.25, 0.3) is 0 Å². The topological polar surface area (TPSA) is 49.3 Å². The Morgan fingerprint density at radius 3 is 2.78 bits per heavy atom. The second-order valence-corrected chi connectivity index (χ2v) is 7.45. The summed E-state index contributed by atoms with van der Waals surface area (Å²) in [5.74, 6) is 0.825. The van der Waals surface area contributed by atoms with E-state index in [1.807, 2.05) is 6.20 Å². The highest BCUT2D eigenvalue weighted by Crippen LogP contribution is 2.21. The normalized spacial score (nSPS) is 11.6. The van der Waals surface area contributed by atoms with Crippen LogP contribution in [0.2, 0.25) is 0 Å². The van der Waals surface area contributed by atoms with E-state index in [2.05, 4.69) is 58.9 Å². The molecule has 2 aromatic rings. The molecule has 0 saturated heterocycles. The molecule has 0 unspecified atom stereocenters. The van der Waals surface area contributed by atoms with E-state index in [9.17, 15) is 0 Å². The molecule has 0 aliphatic rings. The fraction of sp³-hybridized carbons (Fsp3) is 0.412. The van der Waals surface area contributed by atoms with Gasteiger partial charge in [0.2, 0.25) is 0 Å². The largest absolute Gasteiger partial charge is 0.356 e. The van der Waals surface area contributed by atoms with E-state index in [0.29, 0.717) is 0 Å². The number of hydrogen-bond acceptors (Lipinski definition) is 4. The van der Waals surface area contributed by atoms with Crippen molar-refractivity contribution in [2.75, 3.05) is 19.8 Å². The predicted octanol–water partition coefficient (Wildman–Crippen LogP) is 3.39. The Hall–Kier alpha value is -1.53. The molecule has 0 atom stereocenters. The first-order valence-electron chi connectivity index (χ1n) is 7.61. The number of guanidine groups is 1. The van der Waals surface area contributed by atoms with Gasteiger partial charge in [-0.1, -0.05) is 12.1 Å². The molecule has 0 aliphatic heterocycles. The van der Waals surface area contributed by atoms with Crippen molar-refractivity contribution in [1.82, 2.24) is 15.6 Å². The highest BCUT2D eigenvalue weighted by molar-refractivity contribution is 7.98. The van der Waals surface area contributed by atoms with Crippen molar-refractivity contribution < 1.29 is 0 Å². The third-order valence-electron chi connectivity index (χ3n) is 3.41. The summed E-state index contributed by atoms with van der Waals surface area (Å²) in [6.45, 7) is 5.81. The van der Waals surface area contributed by atoms with Gasteiger partial charge in [0, 0.05) is 42.5 Å². The molecule has 0 radical (unpaired) electrons. The minimum atomic E-state index is 0.770. The average Bonchev–Trinajstić information content (AvgIpc) is 2.96. The van der Waals surface area contributed by atoms with E-state index in [0.717, 1.165) is 30.5 Å². The van der Waals surface area contributed by atoms with Gasteiger partial charge in [-0.15, -0.1) is 23.1 Å². The van der Waals surface area contributed by atoms with Crippen molar-refractivity contribution in [3.63, 3.8) is 0 Å². The minimum Gasteiger partial charge on any atom is -0.356 e. The van der Waals surface area contributed by atoms with Crippen molar-refractivity contribution >= 4 is 29.1 Å². The monoisotopic (exact) mass is 348 g/mol. The number of aromatic nitrogens is 1. The van der Waals surface area contributed by atoms with Crippen LogP contribution in [-0.2, 0) is 13.0 Å². The highest BCUT2D eigenvalue weighted by atomic mass is 32.2. The van der Waals surface area contributed by atoms with Crippen molar-refractivity contribution in [1.29, 1.82) is 0 Å². The maximum atomic E-state index is 4.38. The maximum absolute atomic E-state index is 4.38. The fourth-order valence-electron chi connectivity index (χ4n) is 2.20. The zero-order valence-corrected chi connectivity index (χ0v) is 15.8. The number of rotatable bonds is 6. The average molecular weight is 349 g/mol. The third kappa shape index (κ3) is 5.55. The van der Waals surface area contributed by atoms with Gasteiger partial charge in [-0.05, 0) is 37.3 Å². The zero-order chi connectivity index (χ0) is 16.7. The number of aryl methyl sites for hydroxylation is 2. The summed E-state index contributed by atoms with van der Waals surface area (Å²) >= 11 is 3.53. The highest BCUT2D eigenvalue weighted by Gasteiger charge is 2.04. The molecular formula is C17H24N4S2. The Labute approximate surface area is 146 Å². The first kappa shape index (κ1) is 17.8. The Morgan fingerprint density at radius 2 is 2.13 bits per heavy atom. The van der Waals surface area contributed by atoms with Gasteiger partial charge in [-0.2, -0.15) is 0 Å². The molecule has 0 fully saturated rings. The van der Waals surface area contributed by atoms with Crippen LogP contribution >= 0.6 is 23.1 Å². The maximum Gasteiger partial charge on any atom is 0.191 e. The summed E-state index contributed by atoms with van der Waals surface area (Å²) < 4.78 is 0. The van der Waals surface area contributed by atoms with E-state index in [1.165, 1.54) is 20.9 Å². The van der Waals surface area contributed by atoms with Gasteiger partial charge < -0.3 is 10.6 Å². The zero-order valence-electron chi connectivity index (χ0n) is 14.1. The summed E-state index contributed by atoms with van der Waals surface area (Å²) in [7, 11) is 1.80. The Bertz CT molecular complexity index is 664. The number of aliphatic imine (C=N–C) groups is 1. The Morgan fingerprint density at radius 1 is 1.30 bits per heavy atom. The summed E-state index contributed by atoms with van der Waals surface area (Å²) in [5, 5.41) is 7.89. The molecular weight excluding hydrogens is 324 g/mol. The van der Waals surface area contributed by atoms with Gasteiger partial charge in [0.15, 0.2) is 5.96 Å². The Kier molecular flexibility index (Phi) is 6.92. The van der Waals surface area contributed by atoms with Crippen molar-refractivity contribution in [2.45, 2.75) is 31.7 Å². The van der Waals surface area contributed by atoms with Crippen molar-refractivity contribution in [2.24, 2.45) is 4.99 Å². The molecule has 6 heteroatoms. The molecule has 0 spiro atoms. The molecule has 4 nitrogen and oxygen atoms in total. The molecule has 0 amide bonds. The first-order chi connectivity index (χ1) is 11.1. The molecule has 0 aliphatic carbocycles. The van der Waals surface area contributed by atoms with E-state index >= 15 is 0 Å². The van der Waals surface area contributed by atoms with Gasteiger partial charge in [-0.25, -0.2) is 4.98 Å².